The van der Waals surface area contributed by atoms with E-state index in [2.05, 4.69) is 6.58 Å². The number of hydrogen-bond donors (Lipinski definition) is 1. The summed E-state index contributed by atoms with van der Waals surface area (Å²) in [5.41, 5.74) is 0.720. The maximum atomic E-state index is 12.0. The van der Waals surface area contributed by atoms with E-state index < -0.39 is 5.97 Å². The second kappa shape index (κ2) is 7.55. The van der Waals surface area contributed by atoms with Crippen molar-refractivity contribution in [3.05, 3.63) is 35.9 Å². The molecule has 0 aliphatic heterocycles. The van der Waals surface area contributed by atoms with Crippen LogP contribution < -0.4 is 4.74 Å². The molecule has 5 heteroatoms. The van der Waals surface area contributed by atoms with Crippen LogP contribution in [0.4, 0.5) is 0 Å². The zero-order valence-electron chi connectivity index (χ0n) is 12.0. The average Bonchev–Trinajstić information content (AvgIpc) is 2.35. The molecule has 0 fully saturated rings. The molecule has 0 radical (unpaired) electrons. The Balaban J connectivity index is 2.89. The number of aromatic hydroxyl groups is 1. The van der Waals surface area contributed by atoms with E-state index in [4.69, 9.17) is 14.2 Å². The molecule has 1 N–H and O–H groups in total. The first-order valence-electron chi connectivity index (χ1n) is 6.26. The number of phenols is 1. The Morgan fingerprint density at radius 1 is 1.50 bits per heavy atom. The van der Waals surface area contributed by atoms with Gasteiger partial charge in [0.1, 0.15) is 23.2 Å². The first-order valence-corrected chi connectivity index (χ1v) is 6.26. The van der Waals surface area contributed by atoms with Crippen LogP contribution >= 0.6 is 0 Å². The highest BCUT2D eigenvalue weighted by Gasteiger charge is 2.19. The van der Waals surface area contributed by atoms with Gasteiger partial charge in [0.15, 0.2) is 6.79 Å². The first-order chi connectivity index (χ1) is 9.49. The molecule has 0 aliphatic carbocycles. The maximum Gasteiger partial charge on any atom is 0.342 e. The van der Waals surface area contributed by atoms with Gasteiger partial charge in [0, 0.05) is 19.6 Å². The Bertz CT molecular complexity index is 458. The number of ether oxygens (including phenoxy) is 3. The van der Waals surface area contributed by atoms with Crippen molar-refractivity contribution in [2.75, 3.05) is 13.9 Å². The normalized spacial score (nSPS) is 11.8. The molecular weight excluding hydrogens is 260 g/mol. The number of methoxy groups -OCH3 is 1. The molecule has 1 atom stereocenters. The molecule has 1 aromatic carbocycles. The third-order valence-corrected chi connectivity index (χ3v) is 2.64. The number of rotatable bonds is 7. The van der Waals surface area contributed by atoms with Gasteiger partial charge in [0.25, 0.3) is 0 Å². The highest BCUT2D eigenvalue weighted by molar-refractivity contribution is 5.94. The zero-order chi connectivity index (χ0) is 15.1. The van der Waals surface area contributed by atoms with Crippen molar-refractivity contribution < 1.29 is 24.1 Å². The lowest BCUT2D eigenvalue weighted by Crippen LogP contribution is -2.15. The summed E-state index contributed by atoms with van der Waals surface area (Å²) in [7, 11) is 1.50. The van der Waals surface area contributed by atoms with Gasteiger partial charge in [-0.25, -0.2) is 4.79 Å². The molecule has 20 heavy (non-hydrogen) atoms. The van der Waals surface area contributed by atoms with Gasteiger partial charge < -0.3 is 19.3 Å². The van der Waals surface area contributed by atoms with Crippen LogP contribution in [0.25, 0.3) is 0 Å². The molecular formula is C15H20O5. The lowest BCUT2D eigenvalue weighted by molar-refractivity contribution is 0.0343. The van der Waals surface area contributed by atoms with Crippen LogP contribution in [-0.2, 0) is 9.47 Å². The van der Waals surface area contributed by atoms with Gasteiger partial charge in [-0.05, 0) is 25.5 Å². The van der Waals surface area contributed by atoms with Crippen molar-refractivity contribution in [3.63, 3.8) is 0 Å². The van der Waals surface area contributed by atoms with Gasteiger partial charge in [-0.2, -0.15) is 0 Å². The quantitative estimate of drug-likeness (QED) is 0.472. The lowest BCUT2D eigenvalue weighted by atomic mass is 10.1. The number of carbonyl (C=O) groups is 1. The summed E-state index contributed by atoms with van der Waals surface area (Å²) in [6, 6.07) is 3.01. The molecule has 1 rings (SSSR count). The predicted molar refractivity (Wildman–Crippen MR) is 75.0 cm³/mol. The van der Waals surface area contributed by atoms with E-state index in [0.717, 1.165) is 0 Å². The largest absolute Gasteiger partial charge is 0.507 e. The van der Waals surface area contributed by atoms with E-state index in [1.54, 1.807) is 26.0 Å². The number of phenolic OH excluding ortho intramolecular Hbond substituents is 1. The summed E-state index contributed by atoms with van der Waals surface area (Å²) in [4.78, 5) is 12.0. The molecule has 1 unspecified atom stereocenters. The van der Waals surface area contributed by atoms with E-state index in [1.165, 1.54) is 13.2 Å². The summed E-state index contributed by atoms with van der Waals surface area (Å²) in [6.07, 6.45) is 1.94. The third-order valence-electron chi connectivity index (χ3n) is 2.64. The van der Waals surface area contributed by atoms with Gasteiger partial charge in [-0.15, -0.1) is 6.58 Å². The summed E-state index contributed by atoms with van der Waals surface area (Å²) >= 11 is 0. The van der Waals surface area contributed by atoms with E-state index in [1.807, 2.05) is 0 Å². The fourth-order valence-electron chi connectivity index (χ4n) is 1.74. The summed E-state index contributed by atoms with van der Waals surface area (Å²) in [5, 5.41) is 9.94. The molecule has 110 valence electrons. The van der Waals surface area contributed by atoms with Crippen LogP contribution in [0.1, 0.15) is 29.3 Å². The fourth-order valence-corrected chi connectivity index (χ4v) is 1.74. The molecule has 0 saturated carbocycles. The van der Waals surface area contributed by atoms with Gasteiger partial charge in [-0.1, -0.05) is 6.08 Å². The second-order valence-electron chi connectivity index (χ2n) is 4.43. The molecule has 0 aliphatic rings. The standard InChI is InChI=1S/C15H20O5/c1-5-6-11(3)20-15(17)14-10(2)7-12(8-13(14)16)19-9-18-4/h5,7-8,11,16H,1,6,9H2,2-4H3. The number of esters is 1. The topological polar surface area (TPSA) is 65.0 Å². The van der Waals surface area contributed by atoms with Crippen LogP contribution in [0.3, 0.4) is 0 Å². The minimum Gasteiger partial charge on any atom is -0.507 e. The van der Waals surface area contributed by atoms with Crippen molar-refractivity contribution in [2.24, 2.45) is 0 Å². The van der Waals surface area contributed by atoms with Crippen molar-refractivity contribution in [1.29, 1.82) is 0 Å². The summed E-state index contributed by atoms with van der Waals surface area (Å²) < 4.78 is 15.2. The molecule has 0 bridgehead atoms. The SMILES string of the molecule is C=CCC(C)OC(=O)c1c(C)cc(OCOC)cc1O. The Labute approximate surface area is 118 Å². The Kier molecular flexibility index (Phi) is 6.06. The fraction of sp³-hybridized carbons (Fsp3) is 0.400. The zero-order valence-corrected chi connectivity index (χ0v) is 12.0. The lowest BCUT2D eigenvalue weighted by Gasteiger charge is -2.14. The number of benzene rings is 1. The van der Waals surface area contributed by atoms with Gasteiger partial charge in [-0.3, -0.25) is 0 Å². The Morgan fingerprint density at radius 3 is 2.75 bits per heavy atom. The number of aryl methyl sites for hydroxylation is 1. The molecule has 0 amide bonds. The second-order valence-corrected chi connectivity index (χ2v) is 4.43. The number of hydrogen-bond acceptors (Lipinski definition) is 5. The maximum absolute atomic E-state index is 12.0. The monoisotopic (exact) mass is 280 g/mol. The minimum absolute atomic E-state index is 0.0685. The van der Waals surface area contributed by atoms with E-state index in [-0.39, 0.29) is 24.2 Å². The molecule has 0 heterocycles. The van der Waals surface area contributed by atoms with Crippen LogP contribution in [0, 0.1) is 6.92 Å². The predicted octanol–water partition coefficient (Wildman–Crippen LogP) is 2.80. The highest BCUT2D eigenvalue weighted by Crippen LogP contribution is 2.28. The molecule has 0 aromatic heterocycles. The first kappa shape index (κ1) is 16.0. The van der Waals surface area contributed by atoms with Crippen LogP contribution in [0.15, 0.2) is 24.8 Å². The third kappa shape index (κ3) is 4.28. The highest BCUT2D eigenvalue weighted by atomic mass is 16.7. The summed E-state index contributed by atoms with van der Waals surface area (Å²) in [5.74, 6) is -0.308. The van der Waals surface area contributed by atoms with E-state index in [0.29, 0.717) is 17.7 Å². The van der Waals surface area contributed by atoms with Crippen molar-refractivity contribution in [3.8, 4) is 11.5 Å². The molecule has 0 saturated heterocycles. The Morgan fingerprint density at radius 2 is 2.20 bits per heavy atom. The van der Waals surface area contributed by atoms with Gasteiger partial charge in [0.05, 0.1) is 0 Å². The smallest absolute Gasteiger partial charge is 0.342 e. The Hall–Kier alpha value is -2.01. The van der Waals surface area contributed by atoms with Crippen LogP contribution in [-0.4, -0.2) is 31.1 Å². The van der Waals surface area contributed by atoms with E-state index >= 15 is 0 Å². The molecule has 0 spiro atoms. The van der Waals surface area contributed by atoms with Crippen LogP contribution in [0.5, 0.6) is 11.5 Å². The van der Waals surface area contributed by atoms with Crippen molar-refractivity contribution >= 4 is 5.97 Å². The van der Waals surface area contributed by atoms with Gasteiger partial charge >= 0.3 is 5.97 Å². The van der Waals surface area contributed by atoms with Gasteiger partial charge in [0.2, 0.25) is 0 Å². The molecule has 1 aromatic rings. The number of carbonyl (C=O) groups excluding carboxylic acids is 1. The average molecular weight is 280 g/mol. The van der Waals surface area contributed by atoms with E-state index in [9.17, 15) is 9.90 Å². The molecule has 5 nitrogen and oxygen atoms in total. The minimum atomic E-state index is -0.562. The van der Waals surface area contributed by atoms with Crippen molar-refractivity contribution in [2.45, 2.75) is 26.4 Å². The van der Waals surface area contributed by atoms with Crippen LogP contribution in [0.2, 0.25) is 0 Å². The summed E-state index contributed by atoms with van der Waals surface area (Å²) in [6.45, 7) is 7.12. The van der Waals surface area contributed by atoms with Crippen molar-refractivity contribution in [1.82, 2.24) is 0 Å².